The zero-order valence-electron chi connectivity index (χ0n) is 11.5. The Bertz CT molecular complexity index is 623. The van der Waals surface area contributed by atoms with Crippen molar-refractivity contribution in [3.63, 3.8) is 0 Å². The van der Waals surface area contributed by atoms with E-state index in [9.17, 15) is 0 Å². The first kappa shape index (κ1) is 16.6. The minimum atomic E-state index is 0.496. The van der Waals surface area contributed by atoms with Crippen LogP contribution in [-0.4, -0.2) is 11.5 Å². The summed E-state index contributed by atoms with van der Waals surface area (Å²) in [4.78, 5) is 4.43. The molecule has 0 aliphatic carbocycles. The van der Waals surface area contributed by atoms with Crippen LogP contribution in [0.2, 0.25) is 10.0 Å². The maximum Gasteiger partial charge on any atom is 0.219 e. The van der Waals surface area contributed by atoms with Crippen molar-refractivity contribution >= 4 is 39.1 Å². The van der Waals surface area contributed by atoms with Gasteiger partial charge in [-0.1, -0.05) is 30.1 Å². The molecule has 1 heterocycles. The summed E-state index contributed by atoms with van der Waals surface area (Å²) in [6.07, 6.45) is 1.06. The molecule has 1 aromatic heterocycles. The summed E-state index contributed by atoms with van der Waals surface area (Å²) in [7, 11) is 0. The molecule has 0 aliphatic rings. The van der Waals surface area contributed by atoms with E-state index in [1.165, 1.54) is 0 Å². The second kappa shape index (κ2) is 7.99. The fourth-order valence-electron chi connectivity index (χ4n) is 1.70. The van der Waals surface area contributed by atoms with Gasteiger partial charge in [0.25, 0.3) is 0 Å². The fraction of sp³-hybridized carbons (Fsp3) is 0.267. The Morgan fingerprint density at radius 3 is 2.76 bits per heavy atom. The second-order valence-electron chi connectivity index (χ2n) is 4.43. The van der Waals surface area contributed by atoms with Gasteiger partial charge in [0.05, 0.1) is 15.2 Å². The molecular weight excluding hydrogens is 375 g/mol. The monoisotopic (exact) mass is 388 g/mol. The van der Waals surface area contributed by atoms with Gasteiger partial charge in [0.15, 0.2) is 0 Å². The van der Waals surface area contributed by atoms with Crippen molar-refractivity contribution < 1.29 is 4.74 Å². The van der Waals surface area contributed by atoms with E-state index in [0.717, 1.165) is 23.1 Å². The normalized spacial score (nSPS) is 10.7. The van der Waals surface area contributed by atoms with Crippen molar-refractivity contribution in [2.24, 2.45) is 0 Å². The van der Waals surface area contributed by atoms with Gasteiger partial charge in [-0.25, -0.2) is 4.98 Å². The molecule has 112 valence electrons. The minimum Gasteiger partial charge on any atom is -0.438 e. The lowest BCUT2D eigenvalue weighted by atomic mass is 10.3. The lowest BCUT2D eigenvalue weighted by molar-refractivity contribution is 0.457. The van der Waals surface area contributed by atoms with Gasteiger partial charge in [-0.3, -0.25) is 0 Å². The van der Waals surface area contributed by atoms with E-state index in [1.807, 2.05) is 0 Å². The van der Waals surface area contributed by atoms with Gasteiger partial charge < -0.3 is 10.1 Å². The zero-order chi connectivity index (χ0) is 15.2. The lowest BCUT2D eigenvalue weighted by Gasteiger charge is -2.10. The Hall–Kier alpha value is -0.810. The Morgan fingerprint density at radius 1 is 1.24 bits per heavy atom. The van der Waals surface area contributed by atoms with E-state index in [-0.39, 0.29) is 0 Å². The summed E-state index contributed by atoms with van der Waals surface area (Å²) in [6, 6.07) is 8.86. The Balaban J connectivity index is 2.14. The third-order valence-electron chi connectivity index (χ3n) is 2.72. The number of hydrogen-bond acceptors (Lipinski definition) is 3. The molecule has 0 atom stereocenters. The molecule has 3 nitrogen and oxygen atoms in total. The molecule has 0 spiro atoms. The zero-order valence-corrected chi connectivity index (χ0v) is 14.6. The number of benzene rings is 1. The number of aromatic nitrogens is 1. The Labute approximate surface area is 142 Å². The molecule has 0 bridgehead atoms. The van der Waals surface area contributed by atoms with Crippen molar-refractivity contribution in [1.29, 1.82) is 0 Å². The van der Waals surface area contributed by atoms with Crippen molar-refractivity contribution in [3.05, 3.63) is 50.5 Å². The van der Waals surface area contributed by atoms with Crippen LogP contribution in [0.3, 0.4) is 0 Å². The van der Waals surface area contributed by atoms with Gasteiger partial charge in [0.1, 0.15) is 5.75 Å². The molecule has 1 aromatic carbocycles. The molecule has 1 N–H and O–H groups in total. The topological polar surface area (TPSA) is 34.2 Å². The third kappa shape index (κ3) is 4.85. The first-order valence-electron chi connectivity index (χ1n) is 6.59. The standard InChI is InChI=1S/C15H15BrCl2N2O/c1-2-7-19-9-13-12(18)4-6-15(20-13)21-14-5-3-10(17)8-11(14)16/h3-6,8,19H,2,7,9H2,1H3. The molecule has 6 heteroatoms. The first-order chi connectivity index (χ1) is 10.1. The van der Waals surface area contributed by atoms with E-state index in [2.05, 4.69) is 33.2 Å². The summed E-state index contributed by atoms with van der Waals surface area (Å²) in [6.45, 7) is 3.65. The molecule has 0 aliphatic heterocycles. The van der Waals surface area contributed by atoms with Gasteiger partial charge in [0, 0.05) is 17.6 Å². The van der Waals surface area contributed by atoms with E-state index in [1.54, 1.807) is 30.3 Å². The molecule has 0 unspecified atom stereocenters. The van der Waals surface area contributed by atoms with Crippen LogP contribution in [0, 0.1) is 0 Å². The van der Waals surface area contributed by atoms with Crippen LogP contribution in [-0.2, 0) is 6.54 Å². The quantitative estimate of drug-likeness (QED) is 0.667. The van der Waals surface area contributed by atoms with Crippen LogP contribution in [0.4, 0.5) is 0 Å². The molecular formula is C15H15BrCl2N2O. The van der Waals surface area contributed by atoms with Crippen LogP contribution in [0.25, 0.3) is 0 Å². The molecule has 0 saturated heterocycles. The first-order valence-corrected chi connectivity index (χ1v) is 8.14. The highest BCUT2D eigenvalue weighted by atomic mass is 79.9. The molecule has 0 saturated carbocycles. The predicted octanol–water partition coefficient (Wildman–Crippen LogP) is 5.44. The van der Waals surface area contributed by atoms with Crippen LogP contribution in [0.1, 0.15) is 19.0 Å². The smallest absolute Gasteiger partial charge is 0.219 e. The highest BCUT2D eigenvalue weighted by molar-refractivity contribution is 9.10. The predicted molar refractivity (Wildman–Crippen MR) is 90.5 cm³/mol. The third-order valence-corrected chi connectivity index (χ3v) is 3.92. The number of nitrogens with zero attached hydrogens (tertiary/aromatic N) is 1. The second-order valence-corrected chi connectivity index (χ2v) is 6.13. The van der Waals surface area contributed by atoms with Crippen molar-refractivity contribution in [2.75, 3.05) is 6.54 Å². The van der Waals surface area contributed by atoms with Gasteiger partial charge in [0.2, 0.25) is 5.88 Å². The van der Waals surface area contributed by atoms with Crippen molar-refractivity contribution in [3.8, 4) is 11.6 Å². The van der Waals surface area contributed by atoms with Crippen LogP contribution < -0.4 is 10.1 Å². The van der Waals surface area contributed by atoms with Crippen LogP contribution in [0.15, 0.2) is 34.8 Å². The summed E-state index contributed by atoms with van der Waals surface area (Å²) in [5.74, 6) is 1.15. The fourth-order valence-corrected chi connectivity index (χ4v) is 2.64. The summed E-state index contributed by atoms with van der Waals surface area (Å²) in [5, 5.41) is 4.54. The lowest BCUT2D eigenvalue weighted by Crippen LogP contribution is -2.15. The van der Waals surface area contributed by atoms with E-state index in [0.29, 0.717) is 28.2 Å². The molecule has 2 aromatic rings. The summed E-state index contributed by atoms with van der Waals surface area (Å²) < 4.78 is 6.54. The number of hydrogen-bond donors (Lipinski definition) is 1. The number of nitrogens with one attached hydrogen (secondary N) is 1. The number of rotatable bonds is 6. The Morgan fingerprint density at radius 2 is 2.05 bits per heavy atom. The molecule has 2 rings (SSSR count). The van der Waals surface area contributed by atoms with E-state index < -0.39 is 0 Å². The van der Waals surface area contributed by atoms with Crippen molar-refractivity contribution in [1.82, 2.24) is 10.3 Å². The molecule has 0 fully saturated rings. The van der Waals surface area contributed by atoms with E-state index >= 15 is 0 Å². The average molecular weight is 390 g/mol. The summed E-state index contributed by atoms with van der Waals surface area (Å²) >= 11 is 15.5. The Kier molecular flexibility index (Phi) is 6.30. The van der Waals surface area contributed by atoms with Crippen LogP contribution >= 0.6 is 39.1 Å². The highest BCUT2D eigenvalue weighted by Gasteiger charge is 2.08. The van der Waals surface area contributed by atoms with E-state index in [4.69, 9.17) is 27.9 Å². The largest absolute Gasteiger partial charge is 0.438 e. The van der Waals surface area contributed by atoms with Gasteiger partial charge in [-0.15, -0.1) is 0 Å². The minimum absolute atomic E-state index is 0.496. The maximum atomic E-state index is 6.15. The molecule has 21 heavy (non-hydrogen) atoms. The van der Waals surface area contributed by atoms with Crippen molar-refractivity contribution in [2.45, 2.75) is 19.9 Å². The van der Waals surface area contributed by atoms with Gasteiger partial charge >= 0.3 is 0 Å². The number of ether oxygens (including phenoxy) is 1. The number of pyridine rings is 1. The molecule has 0 radical (unpaired) electrons. The average Bonchev–Trinajstić information content (AvgIpc) is 2.45. The maximum absolute atomic E-state index is 6.15. The summed E-state index contributed by atoms with van der Waals surface area (Å²) in [5.41, 5.74) is 0.771. The molecule has 0 amide bonds. The highest BCUT2D eigenvalue weighted by Crippen LogP contribution is 2.31. The van der Waals surface area contributed by atoms with Gasteiger partial charge in [-0.05, 0) is 53.2 Å². The number of halogens is 3. The van der Waals surface area contributed by atoms with Crippen LogP contribution in [0.5, 0.6) is 11.6 Å². The van der Waals surface area contributed by atoms with Gasteiger partial charge in [-0.2, -0.15) is 0 Å². The SMILES string of the molecule is CCCNCc1nc(Oc2ccc(Cl)cc2Br)ccc1Cl.